The number of rotatable bonds is 7. The van der Waals surface area contributed by atoms with Crippen molar-refractivity contribution in [3.05, 3.63) is 12.4 Å². The Morgan fingerprint density at radius 2 is 1.87 bits per heavy atom. The summed E-state index contributed by atoms with van der Waals surface area (Å²) in [6.07, 6.45) is 3.04. The van der Waals surface area contributed by atoms with Gasteiger partial charge in [0.25, 0.3) is 5.88 Å². The molecule has 0 bridgehead atoms. The summed E-state index contributed by atoms with van der Waals surface area (Å²) in [5.74, 6) is 0.627. The van der Waals surface area contributed by atoms with Crippen LogP contribution in [0.15, 0.2) is 12.4 Å². The van der Waals surface area contributed by atoms with E-state index in [-0.39, 0.29) is 5.82 Å². The molecule has 0 unspecified atom stereocenters. The van der Waals surface area contributed by atoms with Crippen molar-refractivity contribution in [3.63, 3.8) is 0 Å². The molecule has 0 aromatic carbocycles. The highest BCUT2D eigenvalue weighted by atomic mass is 16.5. The van der Waals surface area contributed by atoms with Crippen LogP contribution in [0.3, 0.4) is 0 Å². The molecule has 0 amide bonds. The first-order valence-electron chi connectivity index (χ1n) is 4.60. The molecule has 0 fully saturated rings. The molecule has 84 valence electrons. The van der Waals surface area contributed by atoms with Crippen molar-refractivity contribution >= 4 is 5.82 Å². The SMILES string of the molecule is COCCOCCOc1nccnc1N. The second kappa shape index (κ2) is 6.97. The Balaban J connectivity index is 2.12. The van der Waals surface area contributed by atoms with Crippen molar-refractivity contribution in [2.45, 2.75) is 0 Å². The van der Waals surface area contributed by atoms with Crippen molar-refractivity contribution in [2.75, 3.05) is 39.3 Å². The van der Waals surface area contributed by atoms with Crippen molar-refractivity contribution in [3.8, 4) is 5.88 Å². The Bertz CT molecular complexity index is 283. The van der Waals surface area contributed by atoms with Crippen LogP contribution in [-0.2, 0) is 9.47 Å². The number of aromatic nitrogens is 2. The van der Waals surface area contributed by atoms with Gasteiger partial charge >= 0.3 is 0 Å². The smallest absolute Gasteiger partial charge is 0.257 e. The molecule has 1 heterocycles. The van der Waals surface area contributed by atoms with Crippen LogP contribution in [0.25, 0.3) is 0 Å². The van der Waals surface area contributed by atoms with Gasteiger partial charge in [0, 0.05) is 19.5 Å². The Hall–Kier alpha value is -1.40. The molecular formula is C9H15N3O3. The predicted molar refractivity (Wildman–Crippen MR) is 54.6 cm³/mol. The number of anilines is 1. The zero-order chi connectivity index (χ0) is 10.9. The lowest BCUT2D eigenvalue weighted by molar-refractivity contribution is 0.0537. The molecule has 0 aliphatic carbocycles. The molecule has 1 aromatic heterocycles. The van der Waals surface area contributed by atoms with Gasteiger partial charge in [0.2, 0.25) is 0 Å². The van der Waals surface area contributed by atoms with Crippen molar-refractivity contribution in [1.82, 2.24) is 9.97 Å². The number of nitrogens with zero attached hydrogens (tertiary/aromatic N) is 2. The van der Waals surface area contributed by atoms with E-state index < -0.39 is 0 Å². The van der Waals surface area contributed by atoms with Crippen LogP contribution in [0.4, 0.5) is 5.82 Å². The lowest BCUT2D eigenvalue weighted by Gasteiger charge is -2.06. The van der Waals surface area contributed by atoms with Gasteiger partial charge in [-0.2, -0.15) is 0 Å². The van der Waals surface area contributed by atoms with E-state index in [1.165, 1.54) is 12.4 Å². The topological polar surface area (TPSA) is 79.5 Å². The average Bonchev–Trinajstić information content (AvgIpc) is 2.25. The molecule has 0 aliphatic heterocycles. The minimum absolute atomic E-state index is 0.286. The Morgan fingerprint density at radius 1 is 1.13 bits per heavy atom. The van der Waals surface area contributed by atoms with E-state index in [2.05, 4.69) is 9.97 Å². The summed E-state index contributed by atoms with van der Waals surface area (Å²) in [7, 11) is 1.63. The highest BCUT2D eigenvalue weighted by Gasteiger charge is 2.00. The summed E-state index contributed by atoms with van der Waals surface area (Å²) in [6, 6.07) is 0. The van der Waals surface area contributed by atoms with Gasteiger partial charge in [-0.1, -0.05) is 0 Å². The highest BCUT2D eigenvalue weighted by Crippen LogP contribution is 2.11. The van der Waals surface area contributed by atoms with Crippen LogP contribution >= 0.6 is 0 Å². The van der Waals surface area contributed by atoms with E-state index >= 15 is 0 Å². The van der Waals surface area contributed by atoms with E-state index in [1.807, 2.05) is 0 Å². The van der Waals surface area contributed by atoms with Gasteiger partial charge in [0.05, 0.1) is 19.8 Å². The van der Waals surface area contributed by atoms with Gasteiger partial charge < -0.3 is 19.9 Å². The van der Waals surface area contributed by atoms with Gasteiger partial charge in [0.15, 0.2) is 5.82 Å². The molecule has 1 aromatic rings. The van der Waals surface area contributed by atoms with Crippen LogP contribution in [0.1, 0.15) is 0 Å². The fraction of sp³-hybridized carbons (Fsp3) is 0.556. The van der Waals surface area contributed by atoms with Crippen molar-refractivity contribution in [2.24, 2.45) is 0 Å². The van der Waals surface area contributed by atoms with E-state index in [9.17, 15) is 0 Å². The molecule has 6 nitrogen and oxygen atoms in total. The second-order valence-corrected chi connectivity index (χ2v) is 2.70. The predicted octanol–water partition coefficient (Wildman–Crippen LogP) is 0.101. The summed E-state index contributed by atoms with van der Waals surface area (Å²) in [4.78, 5) is 7.76. The van der Waals surface area contributed by atoms with Gasteiger partial charge in [0.1, 0.15) is 6.61 Å². The summed E-state index contributed by atoms with van der Waals surface area (Å²) < 4.78 is 15.3. The van der Waals surface area contributed by atoms with Gasteiger partial charge in [-0.25, -0.2) is 9.97 Å². The molecule has 15 heavy (non-hydrogen) atoms. The second-order valence-electron chi connectivity index (χ2n) is 2.70. The highest BCUT2D eigenvalue weighted by molar-refractivity contribution is 5.38. The summed E-state index contributed by atoms with van der Waals surface area (Å²) in [6.45, 7) is 2.00. The normalized spacial score (nSPS) is 10.2. The Labute approximate surface area is 88.4 Å². The Morgan fingerprint density at radius 3 is 2.60 bits per heavy atom. The van der Waals surface area contributed by atoms with E-state index in [4.69, 9.17) is 19.9 Å². The number of nitrogens with two attached hydrogens (primary N) is 1. The Kier molecular flexibility index (Phi) is 5.42. The summed E-state index contributed by atoms with van der Waals surface area (Å²) >= 11 is 0. The van der Waals surface area contributed by atoms with E-state index in [1.54, 1.807) is 7.11 Å². The number of nitrogen functional groups attached to an aromatic ring is 1. The minimum Gasteiger partial charge on any atom is -0.473 e. The van der Waals surface area contributed by atoms with Crippen molar-refractivity contribution in [1.29, 1.82) is 0 Å². The standard InChI is InChI=1S/C9H15N3O3/c1-13-4-5-14-6-7-15-9-8(10)11-2-3-12-9/h2-3H,4-7H2,1H3,(H2,10,11). The first kappa shape index (κ1) is 11.7. The zero-order valence-electron chi connectivity index (χ0n) is 8.68. The molecule has 0 radical (unpaired) electrons. The fourth-order valence-electron chi connectivity index (χ4n) is 0.889. The monoisotopic (exact) mass is 213 g/mol. The van der Waals surface area contributed by atoms with Crippen molar-refractivity contribution < 1.29 is 14.2 Å². The molecule has 0 spiro atoms. The maximum Gasteiger partial charge on any atom is 0.257 e. The lowest BCUT2D eigenvalue weighted by atomic mass is 10.6. The minimum atomic E-state index is 0.286. The summed E-state index contributed by atoms with van der Waals surface area (Å²) in [5, 5.41) is 0. The largest absolute Gasteiger partial charge is 0.473 e. The number of hydrogen-bond acceptors (Lipinski definition) is 6. The molecule has 0 atom stereocenters. The number of methoxy groups -OCH3 is 1. The molecule has 1 rings (SSSR count). The van der Waals surface area contributed by atoms with Crippen LogP contribution in [-0.4, -0.2) is 43.5 Å². The third-order valence-electron chi connectivity index (χ3n) is 1.59. The molecule has 0 aliphatic rings. The van der Waals surface area contributed by atoms with E-state index in [0.29, 0.717) is 32.3 Å². The number of ether oxygens (including phenoxy) is 3. The lowest BCUT2D eigenvalue weighted by Crippen LogP contribution is -2.11. The van der Waals surface area contributed by atoms with Crippen LogP contribution < -0.4 is 10.5 Å². The average molecular weight is 213 g/mol. The van der Waals surface area contributed by atoms with Crippen LogP contribution in [0.5, 0.6) is 5.88 Å². The van der Waals surface area contributed by atoms with Gasteiger partial charge in [-0.05, 0) is 0 Å². The quantitative estimate of drug-likeness (QED) is 0.647. The van der Waals surface area contributed by atoms with Crippen LogP contribution in [0, 0.1) is 0 Å². The third kappa shape index (κ3) is 4.57. The summed E-state index contributed by atoms with van der Waals surface area (Å²) in [5.41, 5.74) is 5.52. The van der Waals surface area contributed by atoms with Gasteiger partial charge in [-0.15, -0.1) is 0 Å². The first-order valence-corrected chi connectivity index (χ1v) is 4.60. The maximum absolute atomic E-state index is 5.52. The van der Waals surface area contributed by atoms with Crippen LogP contribution in [0.2, 0.25) is 0 Å². The first-order chi connectivity index (χ1) is 7.34. The maximum atomic E-state index is 5.52. The molecule has 6 heteroatoms. The van der Waals surface area contributed by atoms with E-state index in [0.717, 1.165) is 0 Å². The number of hydrogen-bond donors (Lipinski definition) is 1. The van der Waals surface area contributed by atoms with Gasteiger partial charge in [-0.3, -0.25) is 0 Å². The molecular weight excluding hydrogens is 198 g/mol. The fourth-order valence-corrected chi connectivity index (χ4v) is 0.889. The molecule has 0 saturated carbocycles. The third-order valence-corrected chi connectivity index (χ3v) is 1.59. The molecule has 2 N–H and O–H groups in total. The zero-order valence-corrected chi connectivity index (χ0v) is 8.68. The molecule has 0 saturated heterocycles.